The maximum absolute atomic E-state index is 13.6. The Labute approximate surface area is 140 Å². The van der Waals surface area contributed by atoms with Crippen molar-refractivity contribution >= 4 is 11.8 Å². The van der Waals surface area contributed by atoms with E-state index in [2.05, 4.69) is 5.32 Å². The highest BCUT2D eigenvalue weighted by Gasteiger charge is 2.33. The number of primary amides is 1. The third-order valence-corrected chi connectivity index (χ3v) is 4.61. The number of carbonyl (C=O) groups excluding carboxylic acids is 2. The molecule has 0 spiro atoms. The number of alkyl halides is 1. The molecule has 0 aromatic heterocycles. The minimum atomic E-state index is -0.993. The molecule has 1 fully saturated rings. The van der Waals surface area contributed by atoms with Crippen LogP contribution in [-0.2, 0) is 22.6 Å². The molecule has 3 N–H and O–H groups in total. The van der Waals surface area contributed by atoms with Gasteiger partial charge in [0.15, 0.2) is 0 Å². The van der Waals surface area contributed by atoms with E-state index in [4.69, 9.17) is 10.5 Å². The molecule has 2 heterocycles. The van der Waals surface area contributed by atoms with Crippen LogP contribution in [0.3, 0.4) is 0 Å². The number of fused-ring (bicyclic) bond motifs is 1. The molecule has 0 aliphatic carbocycles. The first-order valence-electron chi connectivity index (χ1n) is 8.17. The normalized spacial score (nSPS) is 23.7. The average molecular weight is 335 g/mol. The van der Waals surface area contributed by atoms with Crippen molar-refractivity contribution in [3.05, 3.63) is 34.9 Å². The maximum Gasteiger partial charge on any atom is 0.251 e. The molecule has 24 heavy (non-hydrogen) atoms. The van der Waals surface area contributed by atoms with E-state index in [9.17, 15) is 14.0 Å². The zero-order valence-corrected chi connectivity index (χ0v) is 13.5. The van der Waals surface area contributed by atoms with Crippen molar-refractivity contribution in [3.63, 3.8) is 0 Å². The fourth-order valence-corrected chi connectivity index (χ4v) is 3.47. The number of likely N-dealkylation sites (tertiary alicyclic amines) is 1. The highest BCUT2D eigenvalue weighted by Crippen LogP contribution is 2.22. The van der Waals surface area contributed by atoms with Crippen molar-refractivity contribution in [3.8, 4) is 0 Å². The van der Waals surface area contributed by atoms with Crippen molar-refractivity contribution in [2.45, 2.75) is 31.7 Å². The summed E-state index contributed by atoms with van der Waals surface area (Å²) in [5, 5.41) is 2.87. The SMILES string of the molecule is NC(=O)CN1C[C@@H](F)C[C@H]1CNC(=O)c1cccc2c1CCOC2. The lowest BCUT2D eigenvalue weighted by Gasteiger charge is -2.23. The van der Waals surface area contributed by atoms with Gasteiger partial charge in [0, 0.05) is 24.7 Å². The number of halogens is 1. The first kappa shape index (κ1) is 16.9. The smallest absolute Gasteiger partial charge is 0.251 e. The zero-order valence-electron chi connectivity index (χ0n) is 13.5. The van der Waals surface area contributed by atoms with Crippen LogP contribution in [0.4, 0.5) is 4.39 Å². The molecule has 2 amide bonds. The van der Waals surface area contributed by atoms with Crippen molar-refractivity contribution in [1.29, 1.82) is 0 Å². The summed E-state index contributed by atoms with van der Waals surface area (Å²) in [6, 6.07) is 5.39. The molecule has 0 radical (unpaired) electrons. The van der Waals surface area contributed by atoms with E-state index in [1.54, 1.807) is 11.0 Å². The fraction of sp³-hybridized carbons (Fsp3) is 0.529. The first-order valence-corrected chi connectivity index (χ1v) is 8.17. The maximum atomic E-state index is 13.6. The second kappa shape index (κ2) is 7.27. The molecule has 7 heteroatoms. The monoisotopic (exact) mass is 335 g/mol. The van der Waals surface area contributed by atoms with Crippen LogP contribution in [0, 0.1) is 0 Å². The van der Waals surface area contributed by atoms with Crippen LogP contribution < -0.4 is 11.1 Å². The predicted molar refractivity (Wildman–Crippen MR) is 86.2 cm³/mol. The van der Waals surface area contributed by atoms with Gasteiger partial charge in [0.25, 0.3) is 5.91 Å². The Morgan fingerprint density at radius 1 is 1.42 bits per heavy atom. The lowest BCUT2D eigenvalue weighted by molar-refractivity contribution is -0.119. The Kier molecular flexibility index (Phi) is 5.11. The molecule has 0 bridgehead atoms. The number of nitrogens with two attached hydrogens (primary N) is 1. The molecule has 3 rings (SSSR count). The third-order valence-electron chi connectivity index (χ3n) is 4.61. The zero-order chi connectivity index (χ0) is 17.1. The van der Waals surface area contributed by atoms with E-state index in [0.717, 1.165) is 11.1 Å². The molecule has 1 saturated heterocycles. The van der Waals surface area contributed by atoms with Gasteiger partial charge in [0.1, 0.15) is 6.17 Å². The first-order chi connectivity index (χ1) is 11.5. The standard InChI is InChI=1S/C17H22FN3O3/c18-12-6-13(21(8-12)9-16(19)22)7-20-17(23)15-3-1-2-11-10-24-5-4-14(11)15/h1-3,12-13H,4-10H2,(H2,19,22)(H,20,23)/t12-,13-/m0/s1. The van der Waals surface area contributed by atoms with Gasteiger partial charge in [-0.1, -0.05) is 12.1 Å². The van der Waals surface area contributed by atoms with Crippen LogP contribution >= 0.6 is 0 Å². The number of nitrogens with one attached hydrogen (secondary N) is 1. The summed E-state index contributed by atoms with van der Waals surface area (Å²) in [5.74, 6) is -0.660. The number of benzene rings is 1. The summed E-state index contributed by atoms with van der Waals surface area (Å²) >= 11 is 0. The molecule has 6 nitrogen and oxygen atoms in total. The minimum Gasteiger partial charge on any atom is -0.376 e. The average Bonchev–Trinajstić information content (AvgIpc) is 2.90. The molecule has 2 aliphatic rings. The second-order valence-corrected chi connectivity index (χ2v) is 6.34. The number of hydrogen-bond donors (Lipinski definition) is 2. The molecule has 1 aromatic rings. The molecule has 2 aliphatic heterocycles. The van der Waals surface area contributed by atoms with Gasteiger partial charge in [0.2, 0.25) is 5.91 Å². The van der Waals surface area contributed by atoms with Gasteiger partial charge in [-0.25, -0.2) is 4.39 Å². The molecular weight excluding hydrogens is 313 g/mol. The lowest BCUT2D eigenvalue weighted by atomic mass is 9.96. The van der Waals surface area contributed by atoms with Crippen LogP contribution in [0.2, 0.25) is 0 Å². The fourth-order valence-electron chi connectivity index (χ4n) is 3.47. The topological polar surface area (TPSA) is 84.7 Å². The highest BCUT2D eigenvalue weighted by molar-refractivity contribution is 5.96. The highest BCUT2D eigenvalue weighted by atomic mass is 19.1. The van der Waals surface area contributed by atoms with E-state index in [1.807, 2.05) is 12.1 Å². The Bertz CT molecular complexity index is 638. The number of ether oxygens (including phenoxy) is 1. The number of amides is 2. The summed E-state index contributed by atoms with van der Waals surface area (Å²) in [6.07, 6.45) is 0.0182. The molecular formula is C17H22FN3O3. The summed E-state index contributed by atoms with van der Waals surface area (Å²) < 4.78 is 19.0. The van der Waals surface area contributed by atoms with Crippen molar-refractivity contribution in [1.82, 2.24) is 10.2 Å². The Morgan fingerprint density at radius 3 is 3.04 bits per heavy atom. The largest absolute Gasteiger partial charge is 0.376 e. The van der Waals surface area contributed by atoms with E-state index in [1.165, 1.54) is 0 Å². The summed E-state index contributed by atoms with van der Waals surface area (Å²) in [6.45, 7) is 1.62. The van der Waals surface area contributed by atoms with Crippen LogP contribution in [0.15, 0.2) is 18.2 Å². The number of carbonyl (C=O) groups is 2. The van der Waals surface area contributed by atoms with Gasteiger partial charge in [-0.3, -0.25) is 14.5 Å². The van der Waals surface area contributed by atoms with Crippen molar-refractivity contribution < 1.29 is 18.7 Å². The summed E-state index contributed by atoms with van der Waals surface area (Å²) in [4.78, 5) is 25.3. The van der Waals surface area contributed by atoms with E-state index in [0.29, 0.717) is 38.2 Å². The van der Waals surface area contributed by atoms with E-state index < -0.39 is 12.1 Å². The van der Waals surface area contributed by atoms with Crippen molar-refractivity contribution in [2.75, 3.05) is 26.2 Å². The van der Waals surface area contributed by atoms with Crippen LogP contribution in [-0.4, -0.2) is 55.2 Å². The van der Waals surface area contributed by atoms with E-state index >= 15 is 0 Å². The molecule has 0 saturated carbocycles. The Morgan fingerprint density at radius 2 is 2.25 bits per heavy atom. The quantitative estimate of drug-likeness (QED) is 0.815. The lowest BCUT2D eigenvalue weighted by Crippen LogP contribution is -2.43. The molecule has 0 unspecified atom stereocenters. The van der Waals surface area contributed by atoms with Gasteiger partial charge in [-0.15, -0.1) is 0 Å². The number of rotatable bonds is 5. The van der Waals surface area contributed by atoms with E-state index in [-0.39, 0.29) is 25.0 Å². The third kappa shape index (κ3) is 3.73. The van der Waals surface area contributed by atoms with Crippen molar-refractivity contribution in [2.24, 2.45) is 5.73 Å². The van der Waals surface area contributed by atoms with Crippen LogP contribution in [0.1, 0.15) is 27.9 Å². The Hall–Kier alpha value is -1.99. The predicted octanol–water partition coefficient (Wildman–Crippen LogP) is 0.387. The number of nitrogens with zero attached hydrogens (tertiary/aromatic N) is 1. The summed E-state index contributed by atoms with van der Waals surface area (Å²) in [7, 11) is 0. The Balaban J connectivity index is 1.64. The molecule has 1 aromatic carbocycles. The summed E-state index contributed by atoms with van der Waals surface area (Å²) in [5.41, 5.74) is 7.90. The van der Waals surface area contributed by atoms with Gasteiger partial charge < -0.3 is 15.8 Å². The van der Waals surface area contributed by atoms with Crippen LogP contribution in [0.25, 0.3) is 0 Å². The van der Waals surface area contributed by atoms with Crippen LogP contribution in [0.5, 0.6) is 0 Å². The second-order valence-electron chi connectivity index (χ2n) is 6.34. The van der Waals surface area contributed by atoms with Gasteiger partial charge in [0.05, 0.1) is 19.8 Å². The minimum absolute atomic E-state index is 0.0129. The van der Waals surface area contributed by atoms with Gasteiger partial charge in [-0.2, -0.15) is 0 Å². The molecule has 130 valence electrons. The van der Waals surface area contributed by atoms with Gasteiger partial charge in [-0.05, 0) is 30.0 Å². The van der Waals surface area contributed by atoms with Gasteiger partial charge >= 0.3 is 0 Å². The molecule has 2 atom stereocenters. The number of hydrogen-bond acceptors (Lipinski definition) is 4.